The van der Waals surface area contributed by atoms with Crippen molar-refractivity contribution in [2.24, 2.45) is 0 Å². The number of nitrogens with one attached hydrogen (secondary N) is 1. The van der Waals surface area contributed by atoms with Gasteiger partial charge in [0.15, 0.2) is 5.13 Å². The van der Waals surface area contributed by atoms with Crippen LogP contribution in [0.5, 0.6) is 0 Å². The molecule has 3 rings (SSSR count). The van der Waals surface area contributed by atoms with Crippen LogP contribution < -0.4 is 5.32 Å². The highest BCUT2D eigenvalue weighted by Crippen LogP contribution is 2.26. The van der Waals surface area contributed by atoms with Gasteiger partial charge in [-0.1, -0.05) is 35.1 Å². The summed E-state index contributed by atoms with van der Waals surface area (Å²) < 4.78 is 1.86. The van der Waals surface area contributed by atoms with E-state index in [2.05, 4.69) is 32.9 Å². The number of thiazole rings is 1. The Kier molecular flexibility index (Phi) is 3.91. The van der Waals surface area contributed by atoms with Gasteiger partial charge in [0.1, 0.15) is 0 Å². The molecule has 0 aliphatic rings. The van der Waals surface area contributed by atoms with E-state index in [1.807, 2.05) is 24.3 Å². The number of rotatable bonds is 2. The minimum absolute atomic E-state index is 0.176. The van der Waals surface area contributed by atoms with Gasteiger partial charge in [-0.25, -0.2) is 4.98 Å². The highest BCUT2D eigenvalue weighted by Gasteiger charge is 2.12. The van der Waals surface area contributed by atoms with Gasteiger partial charge in [0.2, 0.25) is 0 Å². The maximum absolute atomic E-state index is 12.2. The SMILES string of the molecule is O=C(Nc1nc2ccccc2s1)c1ccc(Cl)cc1I. The number of anilines is 1. The Morgan fingerprint density at radius 1 is 1.25 bits per heavy atom. The first kappa shape index (κ1) is 13.8. The normalized spacial score (nSPS) is 10.7. The van der Waals surface area contributed by atoms with Crippen molar-refractivity contribution >= 4 is 66.8 Å². The molecule has 100 valence electrons. The smallest absolute Gasteiger partial charge is 0.258 e. The van der Waals surface area contributed by atoms with Gasteiger partial charge >= 0.3 is 0 Å². The fraction of sp³-hybridized carbons (Fsp3) is 0. The second kappa shape index (κ2) is 5.67. The Morgan fingerprint density at radius 2 is 2.05 bits per heavy atom. The van der Waals surface area contributed by atoms with Crippen LogP contribution in [0.1, 0.15) is 10.4 Å². The largest absolute Gasteiger partial charge is 0.298 e. The third-order valence-corrected chi connectivity index (χ3v) is 4.77. The van der Waals surface area contributed by atoms with E-state index >= 15 is 0 Å². The molecule has 1 aromatic heterocycles. The minimum Gasteiger partial charge on any atom is -0.298 e. The van der Waals surface area contributed by atoms with Crippen LogP contribution in [0.15, 0.2) is 42.5 Å². The Hall–Kier alpha value is -1.18. The predicted molar refractivity (Wildman–Crippen MR) is 91.7 cm³/mol. The van der Waals surface area contributed by atoms with E-state index in [0.717, 1.165) is 13.8 Å². The van der Waals surface area contributed by atoms with Gasteiger partial charge in [-0.05, 0) is 52.9 Å². The Bertz CT molecular complexity index is 770. The fourth-order valence-electron chi connectivity index (χ4n) is 1.76. The number of hydrogen-bond donors (Lipinski definition) is 1. The van der Waals surface area contributed by atoms with Crippen LogP contribution in [0.2, 0.25) is 5.02 Å². The summed E-state index contributed by atoms with van der Waals surface area (Å²) >= 11 is 9.44. The van der Waals surface area contributed by atoms with Gasteiger partial charge in [0.05, 0.1) is 15.8 Å². The lowest BCUT2D eigenvalue weighted by Gasteiger charge is -2.04. The van der Waals surface area contributed by atoms with Crippen LogP contribution in [0, 0.1) is 3.57 Å². The van der Waals surface area contributed by atoms with Crippen LogP contribution in [0.4, 0.5) is 5.13 Å². The molecule has 0 aliphatic heterocycles. The standard InChI is InChI=1S/C14H8ClIN2OS/c15-8-5-6-9(10(16)7-8)13(19)18-14-17-11-3-1-2-4-12(11)20-14/h1-7H,(H,17,18,19). The van der Waals surface area contributed by atoms with Crippen molar-refractivity contribution in [2.45, 2.75) is 0 Å². The second-order valence-electron chi connectivity index (χ2n) is 4.07. The van der Waals surface area contributed by atoms with E-state index in [4.69, 9.17) is 11.6 Å². The van der Waals surface area contributed by atoms with Crippen molar-refractivity contribution in [2.75, 3.05) is 5.32 Å². The molecular formula is C14H8ClIN2OS. The summed E-state index contributed by atoms with van der Waals surface area (Å²) in [5.74, 6) is -0.176. The van der Waals surface area contributed by atoms with Crippen LogP contribution in [-0.2, 0) is 0 Å². The molecule has 0 saturated heterocycles. The lowest BCUT2D eigenvalue weighted by molar-refractivity contribution is 0.102. The van der Waals surface area contributed by atoms with Gasteiger partial charge in [-0.3, -0.25) is 10.1 Å². The quantitative estimate of drug-likeness (QED) is 0.612. The summed E-state index contributed by atoms with van der Waals surface area (Å²) in [6.45, 7) is 0. The number of hydrogen-bond acceptors (Lipinski definition) is 3. The first-order valence-electron chi connectivity index (χ1n) is 5.75. The minimum atomic E-state index is -0.176. The number of halogens is 2. The summed E-state index contributed by atoms with van der Waals surface area (Å²) in [5, 5.41) is 4.04. The van der Waals surface area contributed by atoms with Gasteiger partial charge in [0.25, 0.3) is 5.91 Å². The number of amides is 1. The summed E-state index contributed by atoms with van der Waals surface area (Å²) in [7, 11) is 0. The monoisotopic (exact) mass is 414 g/mol. The van der Waals surface area contributed by atoms with E-state index in [-0.39, 0.29) is 5.91 Å². The molecule has 1 amide bonds. The number of carbonyl (C=O) groups excluding carboxylic acids is 1. The van der Waals surface area contributed by atoms with Crippen molar-refractivity contribution in [3.63, 3.8) is 0 Å². The van der Waals surface area contributed by atoms with Crippen LogP contribution in [-0.4, -0.2) is 10.9 Å². The maximum Gasteiger partial charge on any atom is 0.258 e. The molecule has 0 aliphatic carbocycles. The van der Waals surface area contributed by atoms with Crippen LogP contribution in [0.25, 0.3) is 10.2 Å². The van der Waals surface area contributed by atoms with Crippen molar-refractivity contribution < 1.29 is 4.79 Å². The molecule has 0 spiro atoms. The summed E-state index contributed by atoms with van der Waals surface area (Å²) in [5.41, 5.74) is 1.48. The number of benzene rings is 2. The van der Waals surface area contributed by atoms with Crippen LogP contribution >= 0.6 is 45.5 Å². The molecule has 3 nitrogen and oxygen atoms in total. The van der Waals surface area contributed by atoms with E-state index in [0.29, 0.717) is 15.7 Å². The van der Waals surface area contributed by atoms with Gasteiger partial charge in [-0.2, -0.15) is 0 Å². The highest BCUT2D eigenvalue weighted by atomic mass is 127. The number of para-hydroxylation sites is 1. The fourth-order valence-corrected chi connectivity index (χ4v) is 3.74. The van der Waals surface area contributed by atoms with Crippen molar-refractivity contribution in [3.8, 4) is 0 Å². The topological polar surface area (TPSA) is 42.0 Å². The van der Waals surface area contributed by atoms with Crippen molar-refractivity contribution in [3.05, 3.63) is 56.6 Å². The molecule has 1 heterocycles. The van der Waals surface area contributed by atoms with Crippen molar-refractivity contribution in [1.29, 1.82) is 0 Å². The summed E-state index contributed by atoms with van der Waals surface area (Å²) in [6.07, 6.45) is 0. The van der Waals surface area contributed by atoms with Gasteiger partial charge in [0, 0.05) is 8.59 Å². The molecule has 20 heavy (non-hydrogen) atoms. The molecule has 0 saturated carbocycles. The van der Waals surface area contributed by atoms with E-state index in [1.165, 1.54) is 11.3 Å². The molecular weight excluding hydrogens is 407 g/mol. The molecule has 3 aromatic rings. The molecule has 1 N–H and O–H groups in total. The number of carbonyl (C=O) groups is 1. The average molecular weight is 415 g/mol. The Balaban J connectivity index is 1.88. The van der Waals surface area contributed by atoms with E-state index in [9.17, 15) is 4.79 Å². The zero-order valence-electron chi connectivity index (χ0n) is 10.1. The molecule has 0 atom stereocenters. The third-order valence-electron chi connectivity index (χ3n) is 2.69. The third kappa shape index (κ3) is 2.79. The molecule has 0 bridgehead atoms. The predicted octanol–water partition coefficient (Wildman–Crippen LogP) is 4.81. The number of aromatic nitrogens is 1. The zero-order valence-corrected chi connectivity index (χ0v) is 13.8. The van der Waals surface area contributed by atoms with Gasteiger partial charge < -0.3 is 0 Å². The molecule has 2 aromatic carbocycles. The molecule has 0 radical (unpaired) electrons. The van der Waals surface area contributed by atoms with Gasteiger partial charge in [-0.15, -0.1) is 0 Å². The average Bonchev–Trinajstić information content (AvgIpc) is 2.80. The Morgan fingerprint density at radius 3 is 2.80 bits per heavy atom. The summed E-state index contributed by atoms with van der Waals surface area (Å²) in [6, 6.07) is 13.0. The Labute approximate surface area is 138 Å². The van der Waals surface area contributed by atoms with Crippen molar-refractivity contribution in [1.82, 2.24) is 4.98 Å². The summed E-state index contributed by atoms with van der Waals surface area (Å²) in [4.78, 5) is 16.6. The first-order valence-corrected chi connectivity index (χ1v) is 8.03. The number of nitrogens with zero attached hydrogens (tertiary/aromatic N) is 1. The molecule has 0 unspecified atom stereocenters. The highest BCUT2D eigenvalue weighted by molar-refractivity contribution is 14.1. The van der Waals surface area contributed by atoms with E-state index < -0.39 is 0 Å². The number of fused-ring (bicyclic) bond motifs is 1. The lowest BCUT2D eigenvalue weighted by Crippen LogP contribution is -2.13. The molecule has 0 fully saturated rings. The van der Waals surface area contributed by atoms with Crippen LogP contribution in [0.3, 0.4) is 0 Å². The van der Waals surface area contributed by atoms with E-state index in [1.54, 1.807) is 18.2 Å². The molecule has 6 heteroatoms. The zero-order chi connectivity index (χ0) is 14.1. The lowest BCUT2D eigenvalue weighted by atomic mass is 10.2. The maximum atomic E-state index is 12.2. The second-order valence-corrected chi connectivity index (χ2v) is 6.69. The first-order chi connectivity index (χ1) is 9.63.